The van der Waals surface area contributed by atoms with Crippen LogP contribution in [0.2, 0.25) is 0 Å². The zero-order valence-electron chi connectivity index (χ0n) is 13.3. The van der Waals surface area contributed by atoms with Gasteiger partial charge in [0.25, 0.3) is 0 Å². The van der Waals surface area contributed by atoms with Crippen molar-refractivity contribution in [2.24, 2.45) is 10.7 Å². The number of hydrogen-bond donors (Lipinski definition) is 2. The molecule has 2 rings (SSSR count). The van der Waals surface area contributed by atoms with Crippen LogP contribution in [0.15, 0.2) is 39.8 Å². The van der Waals surface area contributed by atoms with Crippen molar-refractivity contribution in [1.82, 2.24) is 15.5 Å². The lowest BCUT2D eigenvalue weighted by molar-refractivity contribution is 0.361. The van der Waals surface area contributed by atoms with E-state index in [-0.39, 0.29) is 5.92 Å². The molecule has 0 aliphatic rings. The Balaban J connectivity index is 1.97. The third-order valence-corrected chi connectivity index (χ3v) is 3.44. The average molecular weight is 301 g/mol. The van der Waals surface area contributed by atoms with Crippen molar-refractivity contribution < 1.29 is 4.52 Å². The van der Waals surface area contributed by atoms with Gasteiger partial charge in [-0.2, -0.15) is 4.98 Å². The highest BCUT2D eigenvalue weighted by molar-refractivity contribution is 5.78. The van der Waals surface area contributed by atoms with Gasteiger partial charge in [0.15, 0.2) is 5.96 Å². The maximum Gasteiger partial charge on any atom is 0.231 e. The average Bonchev–Trinajstić information content (AvgIpc) is 3.03. The molecule has 0 radical (unpaired) electrons. The molecule has 22 heavy (non-hydrogen) atoms. The zero-order valence-corrected chi connectivity index (χ0v) is 13.3. The fourth-order valence-corrected chi connectivity index (χ4v) is 1.85. The minimum Gasteiger partial charge on any atom is -0.370 e. The van der Waals surface area contributed by atoms with E-state index in [9.17, 15) is 0 Å². The monoisotopic (exact) mass is 301 g/mol. The number of nitrogens with two attached hydrogens (primary N) is 1. The Labute approximate surface area is 130 Å². The van der Waals surface area contributed by atoms with E-state index >= 15 is 0 Å². The van der Waals surface area contributed by atoms with Crippen LogP contribution in [0.5, 0.6) is 0 Å². The normalized spacial score (nSPS) is 14.6. The molecular formula is C16H23N5O. The van der Waals surface area contributed by atoms with Crippen LogP contribution >= 0.6 is 0 Å². The van der Waals surface area contributed by atoms with Crippen LogP contribution in [0.1, 0.15) is 39.0 Å². The van der Waals surface area contributed by atoms with Gasteiger partial charge in [0.05, 0.1) is 12.5 Å². The van der Waals surface area contributed by atoms with Gasteiger partial charge in [-0.1, -0.05) is 49.3 Å². The molecule has 3 N–H and O–H groups in total. The Morgan fingerprint density at radius 3 is 2.73 bits per heavy atom. The third-order valence-electron chi connectivity index (χ3n) is 3.44. The van der Waals surface area contributed by atoms with E-state index in [2.05, 4.69) is 34.3 Å². The van der Waals surface area contributed by atoms with Crippen LogP contribution in [0.4, 0.5) is 0 Å². The Morgan fingerprint density at radius 2 is 2.05 bits per heavy atom. The van der Waals surface area contributed by atoms with Gasteiger partial charge in [0.1, 0.15) is 0 Å². The molecule has 0 amide bonds. The molecule has 1 aromatic carbocycles. The van der Waals surface area contributed by atoms with Gasteiger partial charge in [0.2, 0.25) is 11.7 Å². The molecule has 2 aromatic rings. The van der Waals surface area contributed by atoms with Crippen molar-refractivity contribution in [3.63, 3.8) is 0 Å². The Bertz CT molecular complexity index is 608. The molecule has 0 aliphatic heterocycles. The first-order valence-corrected chi connectivity index (χ1v) is 7.55. The smallest absolute Gasteiger partial charge is 0.231 e. The minimum absolute atomic E-state index is 0.0160. The van der Waals surface area contributed by atoms with E-state index < -0.39 is 0 Å². The summed E-state index contributed by atoms with van der Waals surface area (Å²) in [6.45, 7) is 6.65. The molecule has 2 unspecified atom stereocenters. The van der Waals surface area contributed by atoms with Gasteiger partial charge in [0, 0.05) is 11.6 Å². The number of hydrogen-bond acceptors (Lipinski definition) is 4. The predicted molar refractivity (Wildman–Crippen MR) is 87.5 cm³/mol. The van der Waals surface area contributed by atoms with Gasteiger partial charge < -0.3 is 15.6 Å². The molecule has 0 saturated heterocycles. The maximum absolute atomic E-state index is 5.85. The summed E-state index contributed by atoms with van der Waals surface area (Å²) in [5.41, 5.74) is 6.78. The second kappa shape index (κ2) is 7.59. The fraction of sp³-hybridized carbons (Fsp3) is 0.438. The molecule has 0 fully saturated rings. The van der Waals surface area contributed by atoms with E-state index in [1.54, 1.807) is 0 Å². The molecule has 0 spiro atoms. The second-order valence-electron chi connectivity index (χ2n) is 5.40. The van der Waals surface area contributed by atoms with Crippen molar-refractivity contribution in [3.8, 4) is 11.4 Å². The van der Waals surface area contributed by atoms with Gasteiger partial charge >= 0.3 is 0 Å². The van der Waals surface area contributed by atoms with Crippen molar-refractivity contribution in [2.45, 2.75) is 39.2 Å². The summed E-state index contributed by atoms with van der Waals surface area (Å²) in [4.78, 5) is 8.75. The Kier molecular flexibility index (Phi) is 5.52. The highest BCUT2D eigenvalue weighted by atomic mass is 16.5. The van der Waals surface area contributed by atoms with E-state index in [1.165, 1.54) is 0 Å². The fourth-order valence-electron chi connectivity index (χ4n) is 1.85. The van der Waals surface area contributed by atoms with Crippen molar-refractivity contribution >= 4 is 5.96 Å². The summed E-state index contributed by atoms with van der Waals surface area (Å²) in [6, 6.07) is 10.1. The molecule has 2 atom stereocenters. The molecule has 6 nitrogen and oxygen atoms in total. The van der Waals surface area contributed by atoms with Crippen molar-refractivity contribution in [1.29, 1.82) is 0 Å². The third kappa shape index (κ3) is 4.31. The van der Waals surface area contributed by atoms with Crippen LogP contribution in [-0.2, 0) is 0 Å². The summed E-state index contributed by atoms with van der Waals surface area (Å²) < 4.78 is 5.32. The topological polar surface area (TPSA) is 89.3 Å². The highest BCUT2D eigenvalue weighted by Crippen LogP contribution is 2.19. The molecule has 0 bridgehead atoms. The maximum atomic E-state index is 5.85. The first-order valence-electron chi connectivity index (χ1n) is 7.55. The van der Waals surface area contributed by atoms with Crippen LogP contribution in [-0.4, -0.2) is 28.7 Å². The van der Waals surface area contributed by atoms with Crippen LogP contribution in [0.25, 0.3) is 11.4 Å². The quantitative estimate of drug-likeness (QED) is 0.632. The van der Waals surface area contributed by atoms with Crippen LogP contribution in [0, 0.1) is 0 Å². The van der Waals surface area contributed by atoms with E-state index in [4.69, 9.17) is 10.3 Å². The minimum atomic E-state index is 0.0160. The molecule has 118 valence electrons. The number of nitrogens with zero attached hydrogens (tertiary/aromatic N) is 3. The largest absolute Gasteiger partial charge is 0.370 e. The van der Waals surface area contributed by atoms with Gasteiger partial charge in [-0.05, 0) is 13.3 Å². The summed E-state index contributed by atoms with van der Waals surface area (Å²) in [7, 11) is 0. The molecule has 1 aromatic heterocycles. The molecule has 0 aliphatic carbocycles. The number of aromatic nitrogens is 2. The predicted octanol–water partition coefficient (Wildman–Crippen LogP) is 2.54. The van der Waals surface area contributed by atoms with Gasteiger partial charge in [-0.25, -0.2) is 0 Å². The number of benzene rings is 1. The van der Waals surface area contributed by atoms with E-state index in [1.807, 2.05) is 37.3 Å². The first-order chi connectivity index (χ1) is 10.6. The lowest BCUT2D eigenvalue weighted by atomic mass is 10.2. The number of nitrogens with one attached hydrogen (secondary N) is 1. The Morgan fingerprint density at radius 1 is 1.32 bits per heavy atom. The number of rotatable bonds is 6. The second-order valence-corrected chi connectivity index (χ2v) is 5.40. The van der Waals surface area contributed by atoms with Crippen LogP contribution < -0.4 is 11.1 Å². The Hall–Kier alpha value is -2.37. The molecule has 6 heteroatoms. The summed E-state index contributed by atoms with van der Waals surface area (Å²) >= 11 is 0. The summed E-state index contributed by atoms with van der Waals surface area (Å²) in [5.74, 6) is 1.63. The van der Waals surface area contributed by atoms with Gasteiger partial charge in [-0.3, -0.25) is 4.99 Å². The van der Waals surface area contributed by atoms with Crippen molar-refractivity contribution in [2.75, 3.05) is 6.54 Å². The van der Waals surface area contributed by atoms with E-state index in [0.29, 0.717) is 30.3 Å². The van der Waals surface area contributed by atoms with E-state index in [0.717, 1.165) is 12.0 Å². The van der Waals surface area contributed by atoms with Gasteiger partial charge in [-0.15, -0.1) is 0 Å². The zero-order chi connectivity index (χ0) is 15.9. The highest BCUT2D eigenvalue weighted by Gasteiger charge is 2.15. The molecule has 0 saturated carbocycles. The van der Waals surface area contributed by atoms with Crippen molar-refractivity contribution in [3.05, 3.63) is 36.2 Å². The lowest BCUT2D eigenvalue weighted by Crippen LogP contribution is -2.38. The first kappa shape index (κ1) is 16.0. The molecular weight excluding hydrogens is 278 g/mol. The lowest BCUT2D eigenvalue weighted by Gasteiger charge is -2.12. The standard InChI is InChI=1S/C16H23N5O/c1-4-12(3)19-16(17)18-10-11(2)15-20-14(21-22-15)13-8-6-5-7-9-13/h5-9,11-12H,4,10H2,1-3H3,(H3,17,18,19). The SMILES string of the molecule is CCC(C)NC(N)=NCC(C)c1nc(-c2ccccc2)no1. The van der Waals surface area contributed by atoms with Crippen LogP contribution in [0.3, 0.4) is 0 Å². The number of aliphatic imine (C=N–C) groups is 1. The summed E-state index contributed by atoms with van der Waals surface area (Å²) in [6.07, 6.45) is 0.996. The number of guanidine groups is 1. The summed E-state index contributed by atoms with van der Waals surface area (Å²) in [5, 5.41) is 7.14. The molecule has 1 heterocycles.